The van der Waals surface area contributed by atoms with Gasteiger partial charge in [-0.2, -0.15) is 8.78 Å². The molecule has 4 heteroatoms. The third kappa shape index (κ3) is 4.38. The summed E-state index contributed by atoms with van der Waals surface area (Å²) in [5.74, 6) is 0.0420. The Morgan fingerprint density at radius 2 is 2.06 bits per heavy atom. The van der Waals surface area contributed by atoms with E-state index in [9.17, 15) is 13.6 Å². The number of allylic oxidation sites excluding steroid dienone is 4. The zero-order valence-electron chi connectivity index (χ0n) is 8.92. The predicted octanol–water partition coefficient (Wildman–Crippen LogP) is 3.37. The Hall–Kier alpha value is -1.45. The molecule has 0 fully saturated rings. The molecule has 0 unspecified atom stereocenters. The molecule has 0 atom stereocenters. The van der Waals surface area contributed by atoms with Gasteiger partial charge in [-0.3, -0.25) is 4.79 Å². The second-order valence-corrected chi connectivity index (χ2v) is 3.51. The predicted molar refractivity (Wildman–Crippen MR) is 56.9 cm³/mol. The lowest BCUT2D eigenvalue weighted by Crippen LogP contribution is -2.02. The largest absolute Gasteiger partial charge is 0.435 e. The molecule has 1 aliphatic rings. The molecule has 0 saturated carbocycles. The summed E-state index contributed by atoms with van der Waals surface area (Å²) in [5, 5.41) is 0. The molecule has 16 heavy (non-hydrogen) atoms. The van der Waals surface area contributed by atoms with Gasteiger partial charge in [0.15, 0.2) is 5.78 Å². The Kier molecular flexibility index (Phi) is 4.89. The van der Waals surface area contributed by atoms with Gasteiger partial charge in [0, 0.05) is 12.0 Å². The van der Waals surface area contributed by atoms with Gasteiger partial charge in [-0.15, -0.1) is 0 Å². The number of ether oxygens (including phenoxy) is 1. The van der Waals surface area contributed by atoms with Crippen molar-refractivity contribution in [3.63, 3.8) is 0 Å². The molecule has 0 heterocycles. The molecule has 0 saturated heterocycles. The van der Waals surface area contributed by atoms with E-state index < -0.39 is 6.61 Å². The van der Waals surface area contributed by atoms with Crippen LogP contribution in [0.1, 0.15) is 25.7 Å². The fraction of sp³-hybridized carbons (Fsp3) is 0.417. The highest BCUT2D eigenvalue weighted by Crippen LogP contribution is 2.15. The molecule has 0 bridgehead atoms. The van der Waals surface area contributed by atoms with Crippen molar-refractivity contribution < 1.29 is 18.3 Å². The minimum absolute atomic E-state index is 0.0467. The van der Waals surface area contributed by atoms with Gasteiger partial charge in [0.05, 0.1) is 0 Å². The Morgan fingerprint density at radius 1 is 1.31 bits per heavy atom. The fourth-order valence-electron chi connectivity index (χ4n) is 1.37. The van der Waals surface area contributed by atoms with Gasteiger partial charge >= 0.3 is 6.61 Å². The molecule has 1 aliphatic carbocycles. The monoisotopic (exact) mass is 228 g/mol. The molecule has 88 valence electrons. The first kappa shape index (κ1) is 12.6. The van der Waals surface area contributed by atoms with E-state index in [1.807, 2.05) is 0 Å². The van der Waals surface area contributed by atoms with Gasteiger partial charge in [0.2, 0.25) is 0 Å². The zero-order valence-corrected chi connectivity index (χ0v) is 8.92. The van der Waals surface area contributed by atoms with Crippen molar-refractivity contribution in [2.75, 3.05) is 0 Å². The van der Waals surface area contributed by atoms with Crippen molar-refractivity contribution in [3.05, 3.63) is 36.1 Å². The normalized spacial score (nSPS) is 23.8. The summed E-state index contributed by atoms with van der Waals surface area (Å²) < 4.78 is 28.3. The lowest BCUT2D eigenvalue weighted by Gasteiger charge is -2.07. The summed E-state index contributed by atoms with van der Waals surface area (Å²) >= 11 is 0. The molecular weight excluding hydrogens is 214 g/mol. The van der Waals surface area contributed by atoms with Crippen LogP contribution in [0, 0.1) is 0 Å². The summed E-state index contributed by atoms with van der Waals surface area (Å²) in [6.07, 6.45) is 6.99. The number of carbonyl (C=O) groups is 1. The van der Waals surface area contributed by atoms with Crippen LogP contribution in [0.5, 0.6) is 0 Å². The van der Waals surface area contributed by atoms with Crippen LogP contribution in [-0.2, 0) is 9.53 Å². The summed E-state index contributed by atoms with van der Waals surface area (Å²) in [6, 6.07) is 0. The van der Waals surface area contributed by atoms with Crippen molar-refractivity contribution in [2.24, 2.45) is 0 Å². The van der Waals surface area contributed by atoms with Gasteiger partial charge in [-0.25, -0.2) is 0 Å². The maximum Gasteiger partial charge on any atom is 0.387 e. The number of hydrogen-bond donors (Lipinski definition) is 0. The molecule has 0 aromatic heterocycles. The second-order valence-electron chi connectivity index (χ2n) is 3.51. The summed E-state index contributed by atoms with van der Waals surface area (Å²) in [7, 11) is 0. The van der Waals surface area contributed by atoms with Gasteiger partial charge in [-0.1, -0.05) is 6.58 Å². The third-order valence-corrected chi connectivity index (χ3v) is 2.24. The number of Topliss-reactive ketones (excluding diaryl/α,β-unsaturated/α-hetero) is 1. The first-order valence-electron chi connectivity index (χ1n) is 5.15. The third-order valence-electron chi connectivity index (χ3n) is 2.24. The molecule has 0 aliphatic heterocycles. The Balaban J connectivity index is 2.75. The van der Waals surface area contributed by atoms with Crippen molar-refractivity contribution in [1.82, 2.24) is 0 Å². The van der Waals surface area contributed by atoms with E-state index in [-0.39, 0.29) is 11.5 Å². The Bertz CT molecular complexity index is 330. The van der Waals surface area contributed by atoms with E-state index in [0.717, 1.165) is 12.8 Å². The SMILES string of the molecule is C=C1/C=C\C(OC(F)F)=C/CCCCC1=O. The maximum atomic E-state index is 12.0. The number of hydrogen-bond acceptors (Lipinski definition) is 2. The van der Waals surface area contributed by atoms with E-state index in [4.69, 9.17) is 0 Å². The van der Waals surface area contributed by atoms with E-state index in [1.165, 1.54) is 12.2 Å². The molecule has 0 spiro atoms. The van der Waals surface area contributed by atoms with Gasteiger partial charge in [0.25, 0.3) is 0 Å². The summed E-state index contributed by atoms with van der Waals surface area (Å²) in [4.78, 5) is 11.4. The average molecular weight is 228 g/mol. The Morgan fingerprint density at radius 3 is 2.75 bits per heavy atom. The van der Waals surface area contributed by atoms with Crippen LogP contribution in [0.4, 0.5) is 8.78 Å². The topological polar surface area (TPSA) is 26.3 Å². The van der Waals surface area contributed by atoms with Gasteiger partial charge < -0.3 is 4.74 Å². The first-order valence-corrected chi connectivity index (χ1v) is 5.15. The average Bonchev–Trinajstić information content (AvgIpc) is 2.22. The van der Waals surface area contributed by atoms with Crippen LogP contribution in [0.2, 0.25) is 0 Å². The van der Waals surface area contributed by atoms with Crippen LogP contribution < -0.4 is 0 Å². The minimum atomic E-state index is -2.84. The van der Waals surface area contributed by atoms with Crippen molar-refractivity contribution >= 4 is 5.78 Å². The van der Waals surface area contributed by atoms with Crippen molar-refractivity contribution in [3.8, 4) is 0 Å². The lowest BCUT2D eigenvalue weighted by molar-refractivity contribution is -0.115. The summed E-state index contributed by atoms with van der Waals surface area (Å²) in [6.45, 7) is 0.731. The van der Waals surface area contributed by atoms with Crippen molar-refractivity contribution in [1.29, 1.82) is 0 Å². The van der Waals surface area contributed by atoms with Crippen molar-refractivity contribution in [2.45, 2.75) is 32.3 Å². The number of alkyl halides is 2. The molecule has 0 N–H and O–H groups in total. The van der Waals surface area contributed by atoms with Crippen LogP contribution in [-0.4, -0.2) is 12.4 Å². The molecule has 2 nitrogen and oxygen atoms in total. The van der Waals surface area contributed by atoms with Gasteiger partial charge in [-0.05, 0) is 37.5 Å². The molecule has 0 aromatic rings. The molecule has 0 radical (unpaired) electrons. The highest BCUT2D eigenvalue weighted by atomic mass is 19.3. The highest BCUT2D eigenvalue weighted by molar-refractivity contribution is 5.97. The second kappa shape index (κ2) is 6.20. The highest BCUT2D eigenvalue weighted by Gasteiger charge is 2.08. The number of rotatable bonds is 2. The van der Waals surface area contributed by atoms with Crippen LogP contribution in [0.25, 0.3) is 0 Å². The molecule has 0 aromatic carbocycles. The van der Waals surface area contributed by atoms with E-state index in [1.54, 1.807) is 6.08 Å². The van der Waals surface area contributed by atoms with Crippen LogP contribution in [0.15, 0.2) is 36.1 Å². The minimum Gasteiger partial charge on any atom is -0.435 e. The van der Waals surface area contributed by atoms with E-state index in [2.05, 4.69) is 11.3 Å². The number of halogens is 2. The first-order chi connectivity index (χ1) is 7.59. The molecule has 0 amide bonds. The summed E-state index contributed by atoms with van der Waals surface area (Å²) in [5.41, 5.74) is 0.325. The smallest absolute Gasteiger partial charge is 0.387 e. The molecule has 1 rings (SSSR count). The van der Waals surface area contributed by atoms with Crippen LogP contribution in [0.3, 0.4) is 0 Å². The quantitative estimate of drug-likeness (QED) is 0.677. The fourth-order valence-corrected chi connectivity index (χ4v) is 1.37. The lowest BCUT2D eigenvalue weighted by atomic mass is 10.0. The van der Waals surface area contributed by atoms with E-state index >= 15 is 0 Å². The van der Waals surface area contributed by atoms with Gasteiger partial charge in [0.1, 0.15) is 5.76 Å². The van der Waals surface area contributed by atoms with E-state index in [0.29, 0.717) is 18.4 Å². The van der Waals surface area contributed by atoms with Crippen LogP contribution >= 0.6 is 0 Å². The standard InChI is InChI=1S/C12H14F2O2/c1-9-7-8-10(16-12(13)14)5-3-2-4-6-11(9)15/h5,7-8,12H,1-4,6H2/b8-7-,10-5+. The number of carbonyl (C=O) groups excluding carboxylic acids is 1. The number of ketones is 1. The Labute approximate surface area is 93.3 Å². The maximum absolute atomic E-state index is 12.0. The zero-order chi connectivity index (χ0) is 12.0. The molecular formula is C12H14F2O2.